The number of aliphatic hydroxyl groups is 1. The topological polar surface area (TPSA) is 79.8 Å². The number of hydrogen-bond acceptors (Lipinski definition) is 5. The van der Waals surface area contributed by atoms with Crippen LogP contribution in [0.15, 0.2) is 36.4 Å². The van der Waals surface area contributed by atoms with Gasteiger partial charge in [-0.15, -0.1) is 0 Å². The van der Waals surface area contributed by atoms with Crippen LogP contribution >= 0.6 is 34.8 Å². The van der Waals surface area contributed by atoms with E-state index in [0.717, 1.165) is 18.9 Å². The standard InChI is InChI=1S/C24H26Cl3FN2O4/c25-17-3-1-15(11-19(17)27)33-10-9-29-23-5-7-24(8-6-23,21(31)13-23)30-22(32)14-34-16-2-4-18(26)20(28)12-16/h1-4,11-12,21,29,31H,5-10,13-14H2,(H,30,32)/t21-,23?,24?/m0/s1. The van der Waals surface area contributed by atoms with E-state index < -0.39 is 17.5 Å². The lowest BCUT2D eigenvalue weighted by molar-refractivity contribution is -0.132. The summed E-state index contributed by atoms with van der Waals surface area (Å²) in [6, 6.07) is 9.14. The average molecular weight is 532 g/mol. The Hall–Kier alpha value is -1.77. The zero-order chi connectivity index (χ0) is 24.3. The molecule has 184 valence electrons. The quantitative estimate of drug-likeness (QED) is 0.407. The number of carbonyl (C=O) groups excluding carboxylic acids is 1. The number of fused-ring (bicyclic) bond motifs is 3. The molecule has 2 bridgehead atoms. The van der Waals surface area contributed by atoms with Crippen LogP contribution in [-0.4, -0.2) is 48.0 Å². The summed E-state index contributed by atoms with van der Waals surface area (Å²) in [4.78, 5) is 12.5. The molecular formula is C24H26Cl3FN2O4. The first-order valence-corrected chi connectivity index (χ1v) is 12.2. The molecule has 0 heterocycles. The highest BCUT2D eigenvalue weighted by Gasteiger charge is 2.54. The fourth-order valence-corrected chi connectivity index (χ4v) is 5.22. The summed E-state index contributed by atoms with van der Waals surface area (Å²) in [6.45, 7) is 0.781. The SMILES string of the molecule is O=C(COc1ccc(Cl)c(F)c1)NC12CCC(NCCOc3ccc(Cl)c(Cl)c3)(CC1)C[C@@H]2O. The van der Waals surface area contributed by atoms with Gasteiger partial charge < -0.3 is 25.2 Å². The highest BCUT2D eigenvalue weighted by molar-refractivity contribution is 6.42. The zero-order valence-electron chi connectivity index (χ0n) is 18.4. The van der Waals surface area contributed by atoms with Crippen molar-refractivity contribution in [2.45, 2.75) is 49.3 Å². The van der Waals surface area contributed by atoms with E-state index in [0.29, 0.717) is 48.2 Å². The number of nitrogens with one attached hydrogen (secondary N) is 2. The number of benzene rings is 2. The van der Waals surface area contributed by atoms with Crippen LogP contribution in [0.25, 0.3) is 0 Å². The minimum atomic E-state index is -0.685. The Morgan fingerprint density at radius 1 is 1.00 bits per heavy atom. The minimum Gasteiger partial charge on any atom is -0.492 e. The molecule has 10 heteroatoms. The number of amides is 1. The first kappa shape index (κ1) is 25.3. The van der Waals surface area contributed by atoms with Crippen molar-refractivity contribution >= 4 is 40.7 Å². The molecule has 1 amide bonds. The van der Waals surface area contributed by atoms with E-state index in [1.54, 1.807) is 18.2 Å². The smallest absolute Gasteiger partial charge is 0.258 e. The highest BCUT2D eigenvalue weighted by atomic mass is 35.5. The minimum absolute atomic E-state index is 0.0127. The molecule has 0 saturated heterocycles. The van der Waals surface area contributed by atoms with Gasteiger partial charge in [-0.2, -0.15) is 0 Å². The second-order valence-electron chi connectivity index (χ2n) is 8.92. The maximum absolute atomic E-state index is 13.5. The first-order chi connectivity index (χ1) is 16.2. The average Bonchev–Trinajstić information content (AvgIpc) is 2.81. The first-order valence-electron chi connectivity index (χ1n) is 11.1. The normalized spacial score (nSPS) is 25.7. The third kappa shape index (κ3) is 5.71. The molecule has 3 aliphatic rings. The van der Waals surface area contributed by atoms with E-state index in [1.807, 2.05) is 0 Å². The third-order valence-corrected chi connectivity index (χ3v) is 7.78. The molecule has 34 heavy (non-hydrogen) atoms. The van der Waals surface area contributed by atoms with Crippen molar-refractivity contribution in [2.75, 3.05) is 19.8 Å². The maximum Gasteiger partial charge on any atom is 0.258 e. The molecule has 0 spiro atoms. The van der Waals surface area contributed by atoms with Crippen molar-refractivity contribution in [3.63, 3.8) is 0 Å². The largest absolute Gasteiger partial charge is 0.492 e. The molecule has 0 aromatic heterocycles. The Kier molecular flexibility index (Phi) is 7.79. The molecule has 3 aliphatic carbocycles. The molecule has 3 saturated carbocycles. The van der Waals surface area contributed by atoms with Crippen LogP contribution in [0.2, 0.25) is 15.1 Å². The predicted molar refractivity (Wildman–Crippen MR) is 130 cm³/mol. The van der Waals surface area contributed by atoms with Crippen molar-refractivity contribution in [1.82, 2.24) is 10.6 Å². The molecule has 0 unspecified atom stereocenters. The molecule has 3 fully saturated rings. The second-order valence-corrected chi connectivity index (χ2v) is 10.1. The van der Waals surface area contributed by atoms with Gasteiger partial charge in [-0.1, -0.05) is 34.8 Å². The highest BCUT2D eigenvalue weighted by Crippen LogP contribution is 2.47. The van der Waals surface area contributed by atoms with Crippen LogP contribution in [0.5, 0.6) is 11.5 Å². The van der Waals surface area contributed by atoms with E-state index in [2.05, 4.69) is 10.6 Å². The molecule has 6 nitrogen and oxygen atoms in total. The second kappa shape index (κ2) is 10.5. The van der Waals surface area contributed by atoms with Gasteiger partial charge in [-0.3, -0.25) is 4.79 Å². The number of rotatable bonds is 9. The van der Waals surface area contributed by atoms with Gasteiger partial charge in [0.2, 0.25) is 0 Å². The number of halogens is 4. The fourth-order valence-electron chi connectivity index (χ4n) is 4.82. The van der Waals surface area contributed by atoms with Gasteiger partial charge in [0.25, 0.3) is 5.91 Å². The molecule has 2 aromatic rings. The Labute approximate surface area is 212 Å². The number of aliphatic hydroxyl groups excluding tert-OH is 1. The van der Waals surface area contributed by atoms with E-state index in [1.165, 1.54) is 12.1 Å². The summed E-state index contributed by atoms with van der Waals surface area (Å²) in [6.07, 6.45) is 2.78. The molecule has 3 N–H and O–H groups in total. The van der Waals surface area contributed by atoms with Crippen LogP contribution in [0, 0.1) is 5.82 Å². The summed E-state index contributed by atoms with van der Waals surface area (Å²) in [5, 5.41) is 18.3. The molecule has 0 radical (unpaired) electrons. The lowest BCUT2D eigenvalue weighted by Crippen LogP contribution is -2.70. The van der Waals surface area contributed by atoms with Crippen molar-refractivity contribution < 1.29 is 23.8 Å². The van der Waals surface area contributed by atoms with E-state index in [-0.39, 0.29) is 28.8 Å². The summed E-state index contributed by atoms with van der Waals surface area (Å²) < 4.78 is 24.7. The van der Waals surface area contributed by atoms with E-state index >= 15 is 0 Å². The zero-order valence-corrected chi connectivity index (χ0v) is 20.6. The van der Waals surface area contributed by atoms with E-state index in [9.17, 15) is 14.3 Å². The van der Waals surface area contributed by atoms with Gasteiger partial charge in [0.1, 0.15) is 23.9 Å². The summed E-state index contributed by atoms with van der Waals surface area (Å²) in [5.74, 6) is -0.105. The van der Waals surface area contributed by atoms with Crippen LogP contribution in [0.1, 0.15) is 32.1 Å². The van der Waals surface area contributed by atoms with Crippen LogP contribution in [0.3, 0.4) is 0 Å². The monoisotopic (exact) mass is 530 g/mol. The van der Waals surface area contributed by atoms with Crippen LogP contribution < -0.4 is 20.1 Å². The van der Waals surface area contributed by atoms with Gasteiger partial charge in [0, 0.05) is 24.2 Å². The Morgan fingerprint density at radius 3 is 2.32 bits per heavy atom. The van der Waals surface area contributed by atoms with Gasteiger partial charge in [0.05, 0.1) is 26.7 Å². The lowest BCUT2D eigenvalue weighted by Gasteiger charge is -2.56. The molecular weight excluding hydrogens is 506 g/mol. The molecule has 0 aliphatic heterocycles. The van der Waals surface area contributed by atoms with Crippen molar-refractivity contribution in [3.8, 4) is 11.5 Å². The van der Waals surface area contributed by atoms with Crippen LogP contribution in [0.4, 0.5) is 4.39 Å². The van der Waals surface area contributed by atoms with Gasteiger partial charge >= 0.3 is 0 Å². The van der Waals surface area contributed by atoms with Crippen molar-refractivity contribution in [1.29, 1.82) is 0 Å². The number of ether oxygens (including phenoxy) is 2. The van der Waals surface area contributed by atoms with Crippen molar-refractivity contribution in [2.24, 2.45) is 0 Å². The third-order valence-electron chi connectivity index (χ3n) is 6.73. The van der Waals surface area contributed by atoms with Crippen molar-refractivity contribution in [3.05, 3.63) is 57.3 Å². The fraction of sp³-hybridized carbons (Fsp3) is 0.458. The Bertz CT molecular complexity index is 1050. The van der Waals surface area contributed by atoms with E-state index in [4.69, 9.17) is 44.3 Å². The van der Waals surface area contributed by atoms with Crippen LogP contribution in [-0.2, 0) is 4.79 Å². The Balaban J connectivity index is 1.24. The maximum atomic E-state index is 13.5. The van der Waals surface area contributed by atoms with Gasteiger partial charge in [-0.25, -0.2) is 4.39 Å². The molecule has 2 aromatic carbocycles. The summed E-state index contributed by atoms with van der Waals surface area (Å²) in [7, 11) is 0. The van der Waals surface area contributed by atoms with Gasteiger partial charge in [-0.05, 0) is 56.4 Å². The predicted octanol–water partition coefficient (Wildman–Crippen LogP) is 4.77. The Morgan fingerprint density at radius 2 is 1.68 bits per heavy atom. The number of hydrogen-bond donors (Lipinski definition) is 3. The lowest BCUT2D eigenvalue weighted by atomic mass is 9.60. The number of carbonyl (C=O) groups is 1. The summed E-state index contributed by atoms with van der Waals surface area (Å²) >= 11 is 17.6. The molecule has 1 atom stereocenters. The molecule has 5 rings (SSSR count). The van der Waals surface area contributed by atoms with Gasteiger partial charge in [0.15, 0.2) is 6.61 Å². The summed E-state index contributed by atoms with van der Waals surface area (Å²) in [5.41, 5.74) is -0.865.